The van der Waals surface area contributed by atoms with Crippen molar-refractivity contribution in [3.05, 3.63) is 41.3 Å². The van der Waals surface area contributed by atoms with E-state index in [4.69, 9.17) is 4.74 Å². The third-order valence-electron chi connectivity index (χ3n) is 2.94. The van der Waals surface area contributed by atoms with Gasteiger partial charge in [0, 0.05) is 6.54 Å². The van der Waals surface area contributed by atoms with Crippen molar-refractivity contribution in [1.29, 1.82) is 0 Å². The quantitative estimate of drug-likeness (QED) is 0.842. The third kappa shape index (κ3) is 3.64. The van der Waals surface area contributed by atoms with E-state index in [1.54, 1.807) is 57.2 Å². The molecule has 21 heavy (non-hydrogen) atoms. The molecule has 2 rings (SSSR count). The molecule has 1 aromatic carbocycles. The lowest BCUT2D eigenvalue weighted by Gasteiger charge is -2.24. The second-order valence-corrected chi connectivity index (χ2v) is 7.85. The van der Waals surface area contributed by atoms with Crippen LogP contribution >= 0.6 is 0 Å². The monoisotopic (exact) mass is 309 g/mol. The maximum Gasteiger partial charge on any atom is 0.410 e. The Morgan fingerprint density at radius 3 is 2.38 bits per heavy atom. The molecule has 1 aliphatic heterocycles. The molecule has 1 amide bonds. The van der Waals surface area contributed by atoms with Crippen molar-refractivity contribution in [1.82, 2.24) is 4.90 Å². The van der Waals surface area contributed by atoms with Crippen LogP contribution in [0.25, 0.3) is 0 Å². The maximum atomic E-state index is 12.4. The van der Waals surface area contributed by atoms with Crippen LogP contribution in [0.3, 0.4) is 0 Å². The van der Waals surface area contributed by atoms with Crippen molar-refractivity contribution in [2.75, 3.05) is 13.1 Å². The molecule has 0 aliphatic carbocycles. The van der Waals surface area contributed by atoms with Crippen molar-refractivity contribution in [2.45, 2.75) is 31.3 Å². The van der Waals surface area contributed by atoms with Crippen molar-refractivity contribution < 1.29 is 17.9 Å². The molecule has 1 aromatic rings. The van der Waals surface area contributed by atoms with E-state index in [1.165, 1.54) is 4.90 Å². The number of carbonyl (C=O) groups excluding carboxylic acids is 1. The zero-order valence-corrected chi connectivity index (χ0v) is 13.2. The highest BCUT2D eigenvalue weighted by molar-refractivity contribution is 7.95. The Labute approximate surface area is 125 Å². The van der Waals surface area contributed by atoms with Gasteiger partial charge in [0.25, 0.3) is 0 Å². The van der Waals surface area contributed by atoms with Crippen LogP contribution in [-0.4, -0.2) is 38.1 Å². The summed E-state index contributed by atoms with van der Waals surface area (Å²) >= 11 is 0. The molecule has 114 valence electrons. The number of hydrogen-bond donors (Lipinski definition) is 0. The lowest BCUT2D eigenvalue weighted by molar-refractivity contribution is 0.0303. The SMILES string of the molecule is CC(C)(C)OC(=O)N1CC=C(S(=O)(=O)c2ccccc2)C1. The first-order valence-corrected chi connectivity index (χ1v) is 8.15. The molecular formula is C15H19NO4S. The molecule has 0 atom stereocenters. The van der Waals surface area contributed by atoms with Gasteiger partial charge in [-0.3, -0.25) is 4.90 Å². The van der Waals surface area contributed by atoms with Gasteiger partial charge < -0.3 is 4.74 Å². The van der Waals surface area contributed by atoms with Gasteiger partial charge in [-0.15, -0.1) is 0 Å². The van der Waals surface area contributed by atoms with Crippen LogP contribution in [0.5, 0.6) is 0 Å². The van der Waals surface area contributed by atoms with Gasteiger partial charge in [-0.25, -0.2) is 13.2 Å². The van der Waals surface area contributed by atoms with Gasteiger partial charge in [-0.05, 0) is 39.0 Å². The second kappa shape index (κ2) is 5.52. The summed E-state index contributed by atoms with van der Waals surface area (Å²) in [5.41, 5.74) is -0.599. The molecule has 0 saturated heterocycles. The molecule has 0 radical (unpaired) electrons. The van der Waals surface area contributed by atoms with E-state index >= 15 is 0 Å². The predicted octanol–water partition coefficient (Wildman–Crippen LogP) is 2.59. The lowest BCUT2D eigenvalue weighted by Crippen LogP contribution is -2.35. The normalized spacial score (nSPS) is 15.8. The minimum Gasteiger partial charge on any atom is -0.444 e. The smallest absolute Gasteiger partial charge is 0.410 e. The van der Waals surface area contributed by atoms with Gasteiger partial charge >= 0.3 is 6.09 Å². The van der Waals surface area contributed by atoms with Gasteiger partial charge in [0.15, 0.2) is 0 Å². The van der Waals surface area contributed by atoms with Crippen LogP contribution < -0.4 is 0 Å². The zero-order chi connectivity index (χ0) is 15.7. The zero-order valence-electron chi connectivity index (χ0n) is 12.4. The van der Waals surface area contributed by atoms with Crippen LogP contribution in [0.2, 0.25) is 0 Å². The number of sulfone groups is 1. The van der Waals surface area contributed by atoms with E-state index < -0.39 is 21.5 Å². The average molecular weight is 309 g/mol. The topological polar surface area (TPSA) is 63.7 Å². The molecule has 0 fully saturated rings. The summed E-state index contributed by atoms with van der Waals surface area (Å²) in [7, 11) is -3.54. The maximum absolute atomic E-state index is 12.4. The highest BCUT2D eigenvalue weighted by Crippen LogP contribution is 2.24. The number of carbonyl (C=O) groups is 1. The van der Waals surface area contributed by atoms with Crippen molar-refractivity contribution in [3.63, 3.8) is 0 Å². The summed E-state index contributed by atoms with van der Waals surface area (Å²) in [6, 6.07) is 8.20. The molecule has 1 heterocycles. The van der Waals surface area contributed by atoms with E-state index in [1.807, 2.05) is 0 Å². The molecule has 6 heteroatoms. The number of ether oxygens (including phenoxy) is 1. The second-order valence-electron chi connectivity index (χ2n) is 5.85. The largest absolute Gasteiger partial charge is 0.444 e. The number of benzene rings is 1. The number of rotatable bonds is 2. The first-order valence-electron chi connectivity index (χ1n) is 6.67. The van der Waals surface area contributed by atoms with Crippen molar-refractivity contribution in [3.8, 4) is 0 Å². The molecule has 1 aliphatic rings. The molecule has 5 nitrogen and oxygen atoms in total. The first-order chi connectivity index (χ1) is 9.70. The summed E-state index contributed by atoms with van der Waals surface area (Å²) in [4.78, 5) is 13.8. The minimum absolute atomic E-state index is 0.0478. The Bertz CT molecular complexity index is 657. The fourth-order valence-corrected chi connectivity index (χ4v) is 3.38. The van der Waals surface area contributed by atoms with Crippen LogP contribution in [-0.2, 0) is 14.6 Å². The summed E-state index contributed by atoms with van der Waals surface area (Å²) < 4.78 is 30.1. The number of hydrogen-bond acceptors (Lipinski definition) is 4. The van der Waals surface area contributed by atoms with Gasteiger partial charge in [-0.2, -0.15) is 0 Å². The van der Waals surface area contributed by atoms with Gasteiger partial charge in [0.1, 0.15) is 5.60 Å². The standard InChI is InChI=1S/C15H19NO4S/c1-15(2,3)20-14(17)16-10-9-13(11-16)21(18,19)12-7-5-4-6-8-12/h4-9H,10-11H2,1-3H3. The van der Waals surface area contributed by atoms with E-state index in [0.29, 0.717) is 0 Å². The van der Waals surface area contributed by atoms with Crippen molar-refractivity contribution in [2.24, 2.45) is 0 Å². The number of amides is 1. The van der Waals surface area contributed by atoms with Gasteiger partial charge in [0.05, 0.1) is 16.3 Å². The van der Waals surface area contributed by atoms with E-state index in [0.717, 1.165) is 0 Å². The summed E-state index contributed by atoms with van der Waals surface area (Å²) in [5, 5.41) is 0. The first kappa shape index (κ1) is 15.6. The van der Waals surface area contributed by atoms with E-state index in [9.17, 15) is 13.2 Å². The Kier molecular flexibility index (Phi) is 4.09. The average Bonchev–Trinajstić information content (AvgIpc) is 2.88. The van der Waals surface area contributed by atoms with E-state index in [2.05, 4.69) is 0 Å². The third-order valence-corrected chi connectivity index (χ3v) is 4.82. The molecule has 0 N–H and O–H groups in total. The molecule has 0 saturated carbocycles. The Morgan fingerprint density at radius 2 is 1.81 bits per heavy atom. The van der Waals surface area contributed by atoms with Crippen molar-refractivity contribution >= 4 is 15.9 Å². The predicted molar refractivity (Wildman–Crippen MR) is 79.5 cm³/mol. The van der Waals surface area contributed by atoms with Gasteiger partial charge in [0.2, 0.25) is 9.84 Å². The fourth-order valence-electron chi connectivity index (χ4n) is 1.94. The van der Waals surface area contributed by atoms with E-state index in [-0.39, 0.29) is 22.9 Å². The highest BCUT2D eigenvalue weighted by Gasteiger charge is 2.31. The van der Waals surface area contributed by atoms with Gasteiger partial charge in [-0.1, -0.05) is 18.2 Å². The molecule has 0 aromatic heterocycles. The Hall–Kier alpha value is -1.82. The Balaban J connectivity index is 2.11. The van der Waals surface area contributed by atoms with Crippen LogP contribution in [0, 0.1) is 0 Å². The van der Waals surface area contributed by atoms with Crippen LogP contribution in [0.4, 0.5) is 4.79 Å². The molecule has 0 unspecified atom stereocenters. The number of nitrogens with zero attached hydrogens (tertiary/aromatic N) is 1. The molecular weight excluding hydrogens is 290 g/mol. The fraction of sp³-hybridized carbons (Fsp3) is 0.400. The summed E-state index contributed by atoms with van der Waals surface area (Å²) in [6.07, 6.45) is 1.06. The highest BCUT2D eigenvalue weighted by atomic mass is 32.2. The molecule has 0 bridgehead atoms. The molecule has 0 spiro atoms. The van der Waals surface area contributed by atoms with Crippen LogP contribution in [0.15, 0.2) is 46.2 Å². The Morgan fingerprint density at radius 1 is 1.19 bits per heavy atom. The van der Waals surface area contributed by atoms with Crippen LogP contribution in [0.1, 0.15) is 20.8 Å². The lowest BCUT2D eigenvalue weighted by atomic mass is 10.2. The summed E-state index contributed by atoms with van der Waals surface area (Å²) in [6.45, 7) is 5.62. The minimum atomic E-state index is -3.54. The summed E-state index contributed by atoms with van der Waals surface area (Å²) in [5.74, 6) is 0.